The number of hydrogen-bond acceptors (Lipinski definition) is 5. The van der Waals surface area contributed by atoms with E-state index in [2.05, 4.69) is 0 Å². The summed E-state index contributed by atoms with van der Waals surface area (Å²) in [6, 6.07) is 1.57. The van der Waals surface area contributed by atoms with Crippen LogP contribution >= 0.6 is 0 Å². The minimum absolute atomic E-state index is 0.0409. The molecular weight excluding hydrogens is 653 g/mol. The summed E-state index contributed by atoms with van der Waals surface area (Å²) in [5, 5.41) is 0. The number of nitrogens with zero attached hydrogens (tertiary/aromatic N) is 1. The number of sulfone groups is 2. The first-order valence-electron chi connectivity index (χ1n) is 13.3. The molecule has 2 aromatic rings. The molecule has 0 aromatic heterocycles. The fourth-order valence-electron chi connectivity index (χ4n) is 6.72. The summed E-state index contributed by atoms with van der Waals surface area (Å²) in [5.74, 6) is -4.87. The number of alkyl halides is 7. The van der Waals surface area contributed by atoms with E-state index in [-0.39, 0.29) is 60.9 Å². The fourth-order valence-corrected chi connectivity index (χ4v) is 10.6. The van der Waals surface area contributed by atoms with Crippen molar-refractivity contribution in [2.75, 3.05) is 18.1 Å². The minimum atomic E-state index is -6.42. The molecule has 242 valence electrons. The van der Waals surface area contributed by atoms with Crippen molar-refractivity contribution in [3.63, 3.8) is 0 Å². The van der Waals surface area contributed by atoms with Crippen LogP contribution in [0.3, 0.4) is 0 Å². The van der Waals surface area contributed by atoms with Gasteiger partial charge in [-0.15, -0.1) is 0 Å². The van der Waals surface area contributed by atoms with Crippen LogP contribution in [0.15, 0.2) is 41.3 Å². The molecule has 2 aliphatic heterocycles. The molecule has 0 saturated carbocycles. The molecule has 0 N–H and O–H groups in total. The maximum atomic E-state index is 14.9. The van der Waals surface area contributed by atoms with Crippen molar-refractivity contribution in [3.8, 4) is 0 Å². The van der Waals surface area contributed by atoms with Crippen LogP contribution in [-0.2, 0) is 41.3 Å². The van der Waals surface area contributed by atoms with Gasteiger partial charge < -0.3 is 4.90 Å². The second-order valence-corrected chi connectivity index (χ2v) is 15.8. The zero-order valence-electron chi connectivity index (χ0n) is 22.5. The second kappa shape index (κ2) is 10.4. The van der Waals surface area contributed by atoms with E-state index >= 15 is 0 Å². The van der Waals surface area contributed by atoms with E-state index in [0.29, 0.717) is 24.3 Å². The largest absolute Gasteiger partial charge is 0.435 e. The molecule has 6 nitrogen and oxygen atoms in total. The Hall–Kier alpha value is -2.82. The first-order valence-corrected chi connectivity index (χ1v) is 16.6. The number of benzene rings is 2. The smallest absolute Gasteiger partial charge is 0.337 e. The summed E-state index contributed by atoms with van der Waals surface area (Å²) in [6.07, 6.45) is -14.0. The molecule has 17 heteroatoms. The Morgan fingerprint density at radius 2 is 1.48 bits per heavy atom. The van der Waals surface area contributed by atoms with Gasteiger partial charge in [0.2, 0.25) is 5.91 Å². The quantitative estimate of drug-likeness (QED) is 0.324. The predicted octanol–water partition coefficient (Wildman–Crippen LogP) is 5.30. The summed E-state index contributed by atoms with van der Waals surface area (Å²) < 4.78 is 174. The number of aryl methyl sites for hydroxylation is 1. The van der Waals surface area contributed by atoms with Crippen molar-refractivity contribution in [2.45, 2.75) is 65.8 Å². The first-order chi connectivity index (χ1) is 20.2. The van der Waals surface area contributed by atoms with E-state index in [9.17, 15) is 61.1 Å². The molecular formula is C27H24F9NO5S2. The highest BCUT2D eigenvalue weighted by Gasteiger charge is 2.74. The lowest BCUT2D eigenvalue weighted by Crippen LogP contribution is -2.54. The van der Waals surface area contributed by atoms with Crippen LogP contribution < -0.4 is 0 Å². The topological polar surface area (TPSA) is 88.6 Å². The number of carbonyl (C=O) groups is 1. The molecule has 2 atom stereocenters. The van der Waals surface area contributed by atoms with Gasteiger partial charge in [-0.2, -0.15) is 26.3 Å². The summed E-state index contributed by atoms with van der Waals surface area (Å²) in [7, 11) is -8.24. The van der Waals surface area contributed by atoms with Crippen LogP contribution in [0.1, 0.15) is 42.4 Å². The average molecular weight is 678 g/mol. The molecule has 2 heterocycles. The molecule has 2 saturated heterocycles. The van der Waals surface area contributed by atoms with Crippen LogP contribution in [-0.4, -0.2) is 64.1 Å². The highest BCUT2D eigenvalue weighted by Crippen LogP contribution is 2.57. The molecule has 2 aromatic carbocycles. The normalized spacial score (nSPS) is 24.6. The number of hydrogen-bond donors (Lipinski definition) is 0. The maximum absolute atomic E-state index is 14.9. The third kappa shape index (κ3) is 4.79. The van der Waals surface area contributed by atoms with Crippen LogP contribution in [0, 0.1) is 17.6 Å². The number of fused-ring (bicyclic) bond motifs is 3. The molecule has 2 fully saturated rings. The van der Waals surface area contributed by atoms with Crippen molar-refractivity contribution in [3.05, 3.63) is 64.7 Å². The Morgan fingerprint density at radius 3 is 2.05 bits per heavy atom. The Bertz CT molecular complexity index is 1700. The maximum Gasteiger partial charge on any atom is 0.435 e. The molecule has 44 heavy (non-hydrogen) atoms. The van der Waals surface area contributed by atoms with E-state index < -0.39 is 88.8 Å². The predicted molar refractivity (Wildman–Crippen MR) is 136 cm³/mol. The SMILES string of the molecule is O=C(C1CCS(=O)(=O)CC1)N1CCC2(S(=O)(=O)c3ccc(F)c(F)c3)c3ccc(C(F)(C(F)(F)F)C(F)(F)F)cc3CCC12. The molecule has 5 rings (SSSR count). The van der Waals surface area contributed by atoms with Gasteiger partial charge in [0, 0.05) is 18.0 Å². The van der Waals surface area contributed by atoms with Gasteiger partial charge in [0.1, 0.15) is 14.6 Å². The fraction of sp³-hybridized carbons (Fsp3) is 0.519. The third-order valence-electron chi connectivity index (χ3n) is 8.93. The van der Waals surface area contributed by atoms with Crippen molar-refractivity contribution >= 4 is 25.6 Å². The van der Waals surface area contributed by atoms with Gasteiger partial charge in [-0.05, 0) is 61.4 Å². The van der Waals surface area contributed by atoms with Gasteiger partial charge in [0.25, 0.3) is 0 Å². The van der Waals surface area contributed by atoms with Crippen molar-refractivity contribution in [1.29, 1.82) is 0 Å². The average Bonchev–Trinajstić information content (AvgIpc) is 3.34. The van der Waals surface area contributed by atoms with Gasteiger partial charge in [-0.3, -0.25) is 4.79 Å². The van der Waals surface area contributed by atoms with E-state index in [1.54, 1.807) is 0 Å². The Kier molecular flexibility index (Phi) is 7.66. The zero-order chi connectivity index (χ0) is 32.7. The molecule has 1 amide bonds. The number of rotatable bonds is 4. The lowest BCUT2D eigenvalue weighted by Gasteiger charge is -2.43. The molecule has 0 radical (unpaired) electrons. The van der Waals surface area contributed by atoms with E-state index in [1.807, 2.05) is 0 Å². The summed E-state index contributed by atoms with van der Waals surface area (Å²) in [6.45, 7) is -0.255. The summed E-state index contributed by atoms with van der Waals surface area (Å²) in [5.41, 5.74) is -8.24. The Morgan fingerprint density at radius 1 is 0.864 bits per heavy atom. The lowest BCUT2D eigenvalue weighted by molar-refractivity contribution is -0.348. The molecule has 0 spiro atoms. The van der Waals surface area contributed by atoms with Crippen LogP contribution in [0.25, 0.3) is 0 Å². The lowest BCUT2D eigenvalue weighted by atomic mass is 9.76. The third-order valence-corrected chi connectivity index (χ3v) is 13.2. The number of likely N-dealkylation sites (tertiary alicyclic amines) is 1. The summed E-state index contributed by atoms with van der Waals surface area (Å²) in [4.78, 5) is 14.1. The minimum Gasteiger partial charge on any atom is -0.337 e. The van der Waals surface area contributed by atoms with Gasteiger partial charge in [0.15, 0.2) is 21.5 Å². The van der Waals surface area contributed by atoms with Crippen molar-refractivity contribution in [2.24, 2.45) is 5.92 Å². The van der Waals surface area contributed by atoms with Gasteiger partial charge in [-0.25, -0.2) is 30.0 Å². The molecule has 3 aliphatic rings. The van der Waals surface area contributed by atoms with Gasteiger partial charge in [-0.1, -0.05) is 18.2 Å². The Balaban J connectivity index is 1.67. The zero-order valence-corrected chi connectivity index (χ0v) is 24.1. The standard InChI is InChI=1S/C27H24F9NO5S2/c28-20-5-3-18(14-21(20)29)44(41,42)24-9-10-37(23(38)15-7-11-43(39,40)12-8-15)22(24)6-1-16-13-17(2-4-19(16)24)25(30,26(31,32)33)27(34,35)36/h2-5,13-15,22H,1,6-12H2. The van der Waals surface area contributed by atoms with E-state index in [0.717, 1.165) is 6.07 Å². The Labute approximate surface area is 246 Å². The van der Waals surface area contributed by atoms with Crippen LogP contribution in [0.5, 0.6) is 0 Å². The number of halogens is 9. The second-order valence-electron chi connectivity index (χ2n) is 11.3. The summed E-state index contributed by atoms with van der Waals surface area (Å²) >= 11 is 0. The van der Waals surface area contributed by atoms with E-state index in [1.165, 1.54) is 4.90 Å². The number of amides is 1. The van der Waals surface area contributed by atoms with Gasteiger partial charge >= 0.3 is 18.0 Å². The molecule has 0 bridgehead atoms. The highest BCUT2D eigenvalue weighted by atomic mass is 32.2. The van der Waals surface area contributed by atoms with Gasteiger partial charge in [0.05, 0.1) is 22.4 Å². The van der Waals surface area contributed by atoms with E-state index in [4.69, 9.17) is 0 Å². The van der Waals surface area contributed by atoms with Crippen LogP contribution in [0.4, 0.5) is 39.5 Å². The van der Waals surface area contributed by atoms with Crippen molar-refractivity contribution in [1.82, 2.24) is 4.90 Å². The first kappa shape index (κ1) is 32.6. The highest BCUT2D eigenvalue weighted by molar-refractivity contribution is 7.92. The monoisotopic (exact) mass is 677 g/mol. The molecule has 2 unspecified atom stereocenters. The van der Waals surface area contributed by atoms with Crippen LogP contribution in [0.2, 0.25) is 0 Å². The van der Waals surface area contributed by atoms with Crippen molar-refractivity contribution < 1.29 is 61.1 Å². The number of carbonyl (C=O) groups excluding carboxylic acids is 1. The molecule has 1 aliphatic carbocycles.